The van der Waals surface area contributed by atoms with Crippen LogP contribution in [0.2, 0.25) is 78.6 Å². The Bertz CT molecular complexity index is 1090. The maximum atomic E-state index is 14.9. The first-order valence-electron chi connectivity index (χ1n) is 14.2. The van der Waals surface area contributed by atoms with Gasteiger partial charge in [0.25, 0.3) is 0 Å². The Morgan fingerprint density at radius 3 is 1.25 bits per heavy atom. The minimum absolute atomic E-state index is 0.360. The molecule has 0 spiro atoms. The smallest absolute Gasteiger partial charge is 0.326 e. The number of hydrogen-bond donors (Lipinski definition) is 0. The zero-order chi connectivity index (χ0) is 30.6. The third-order valence-corrected chi connectivity index (χ3v) is 21.8. The van der Waals surface area contributed by atoms with Gasteiger partial charge in [0.15, 0.2) is 38.7 Å². The summed E-state index contributed by atoms with van der Waals surface area (Å²) in [4.78, 5) is 0. The molecule has 6 nitrogen and oxygen atoms in total. The van der Waals surface area contributed by atoms with E-state index in [0.717, 1.165) is 17.5 Å². The maximum Gasteiger partial charge on any atom is 0.326 e. The Labute approximate surface area is 248 Å². The van der Waals surface area contributed by atoms with Gasteiger partial charge in [0, 0.05) is 0 Å². The second-order valence-corrected chi connectivity index (χ2v) is 38.0. The largest absolute Gasteiger partial charge is 0.351 e. The first kappa shape index (κ1) is 35.8. The molecule has 0 N–H and O–H groups in total. The van der Waals surface area contributed by atoms with Crippen molar-refractivity contribution < 1.29 is 26.0 Å². The van der Waals surface area contributed by atoms with Crippen LogP contribution in [0.1, 0.15) is 18.4 Å². The topological polar surface area (TPSA) is 71.1 Å². The molecule has 2 rings (SSSR count). The van der Waals surface area contributed by atoms with Gasteiger partial charge in [0.1, 0.15) is 0 Å². The molecule has 0 radical (unpaired) electrons. The molecule has 0 amide bonds. The Morgan fingerprint density at radius 2 is 0.900 bits per heavy atom. The van der Waals surface area contributed by atoms with Crippen LogP contribution < -0.4 is 0 Å². The normalized spacial score (nSPS) is 14.1. The summed E-state index contributed by atoms with van der Waals surface area (Å²) in [6.07, 6.45) is 1.75. The van der Waals surface area contributed by atoms with Gasteiger partial charge in [-0.2, -0.15) is 0 Å². The lowest BCUT2D eigenvalue weighted by Crippen LogP contribution is -2.37. The Morgan fingerprint density at radius 1 is 0.550 bits per heavy atom. The molecule has 0 saturated heterocycles. The third kappa shape index (κ3) is 12.5. The summed E-state index contributed by atoms with van der Waals surface area (Å²) in [5, 5.41) is -0.972. The maximum absolute atomic E-state index is 14.9. The minimum Gasteiger partial charge on any atom is -0.351 e. The molecule has 0 atom stereocenters. The SMILES string of the molecule is C[Si](C)(C)OP(=O)(O[Si](C)(C)C)C(CCCc1ccc(-c2ccccc2)cc1)P(=O)(O[Si](C)(C)C)O[Si](C)(C)C. The fourth-order valence-electron chi connectivity index (χ4n) is 4.28. The molecule has 0 heterocycles. The van der Waals surface area contributed by atoms with Crippen LogP contribution in [0.3, 0.4) is 0 Å². The molecule has 0 aliphatic rings. The van der Waals surface area contributed by atoms with E-state index < -0.39 is 53.9 Å². The van der Waals surface area contributed by atoms with Crippen molar-refractivity contribution in [2.75, 3.05) is 0 Å². The molecule has 0 fully saturated rings. The zero-order valence-electron chi connectivity index (χ0n) is 26.7. The summed E-state index contributed by atoms with van der Waals surface area (Å²) in [5.41, 5.74) is 3.50. The van der Waals surface area contributed by atoms with Crippen LogP contribution in [-0.2, 0) is 32.4 Å². The quantitative estimate of drug-likeness (QED) is 0.140. The lowest BCUT2D eigenvalue weighted by molar-refractivity contribution is 0.346. The zero-order valence-corrected chi connectivity index (χ0v) is 32.5. The standard InChI is InChI=1S/C28H52O6P2Si4/c1-37(2,3)31-35(29,32-38(4,5)6)28(36(30,33-39(7,8)9)34-40(10,11)12)20-16-17-25-21-23-27(24-22-25)26-18-14-13-15-19-26/h13-15,18-19,21-24,28H,16-17,20H2,1-12H3. The van der Waals surface area contributed by atoms with Gasteiger partial charge in [-0.05, 0) is 115 Å². The molecule has 2 aromatic rings. The third-order valence-electron chi connectivity index (χ3n) is 5.32. The van der Waals surface area contributed by atoms with E-state index >= 15 is 0 Å². The van der Waals surface area contributed by atoms with Gasteiger partial charge in [0.05, 0.1) is 0 Å². The lowest BCUT2D eigenvalue weighted by atomic mass is 10.0. The average Bonchev–Trinajstić information content (AvgIpc) is 2.72. The average molecular weight is 659 g/mol. The molecule has 0 aliphatic carbocycles. The molecular formula is C28H52O6P2Si4. The van der Waals surface area contributed by atoms with E-state index in [0.29, 0.717) is 12.8 Å². The van der Waals surface area contributed by atoms with Gasteiger partial charge in [-0.15, -0.1) is 0 Å². The van der Waals surface area contributed by atoms with Gasteiger partial charge >= 0.3 is 15.2 Å². The van der Waals surface area contributed by atoms with E-state index in [-0.39, 0.29) is 0 Å². The van der Waals surface area contributed by atoms with Crippen molar-refractivity contribution >= 4 is 48.5 Å². The highest BCUT2D eigenvalue weighted by atomic mass is 31.2. The van der Waals surface area contributed by atoms with Crippen LogP contribution in [0.5, 0.6) is 0 Å². The van der Waals surface area contributed by atoms with Crippen molar-refractivity contribution in [3.8, 4) is 11.1 Å². The second-order valence-electron chi connectivity index (χ2n) is 14.3. The van der Waals surface area contributed by atoms with E-state index in [1.807, 2.05) is 96.8 Å². The highest BCUT2D eigenvalue weighted by Crippen LogP contribution is 2.74. The molecule has 0 unspecified atom stereocenters. The van der Waals surface area contributed by atoms with Crippen LogP contribution in [-0.4, -0.2) is 38.7 Å². The van der Waals surface area contributed by atoms with E-state index in [1.165, 1.54) is 5.56 Å². The summed E-state index contributed by atoms with van der Waals surface area (Å²) in [6.45, 7) is 23.9. The van der Waals surface area contributed by atoms with E-state index in [1.54, 1.807) is 0 Å². The molecule has 12 heteroatoms. The van der Waals surface area contributed by atoms with E-state index in [4.69, 9.17) is 16.9 Å². The highest BCUT2D eigenvalue weighted by molar-refractivity contribution is 7.75. The Hall–Kier alpha value is -0.392. The lowest BCUT2D eigenvalue weighted by Gasteiger charge is -2.41. The van der Waals surface area contributed by atoms with Crippen molar-refractivity contribution in [1.82, 2.24) is 0 Å². The Kier molecular flexibility index (Phi) is 12.1. The number of hydrogen-bond acceptors (Lipinski definition) is 6. The Balaban J connectivity index is 2.48. The molecule has 2 aromatic carbocycles. The molecule has 0 bridgehead atoms. The predicted molar refractivity (Wildman–Crippen MR) is 182 cm³/mol. The minimum atomic E-state index is -3.88. The van der Waals surface area contributed by atoms with Gasteiger partial charge in [-0.3, -0.25) is 9.13 Å². The van der Waals surface area contributed by atoms with Gasteiger partial charge in [-0.25, -0.2) is 0 Å². The van der Waals surface area contributed by atoms with Crippen LogP contribution in [0.25, 0.3) is 11.1 Å². The van der Waals surface area contributed by atoms with Crippen LogP contribution in [0.15, 0.2) is 54.6 Å². The van der Waals surface area contributed by atoms with Crippen molar-refractivity contribution in [3.63, 3.8) is 0 Å². The number of rotatable bonds is 15. The fourth-order valence-corrected chi connectivity index (χ4v) is 23.5. The summed E-state index contributed by atoms with van der Waals surface area (Å²) in [7, 11) is -17.2. The highest BCUT2D eigenvalue weighted by Gasteiger charge is 2.55. The number of benzene rings is 2. The first-order valence-corrected chi connectivity index (χ1v) is 31.0. The molecular weight excluding hydrogens is 607 g/mol. The monoisotopic (exact) mass is 658 g/mol. The van der Waals surface area contributed by atoms with Crippen molar-refractivity contribution in [2.24, 2.45) is 0 Å². The van der Waals surface area contributed by atoms with E-state index in [2.05, 4.69) is 36.4 Å². The molecule has 0 aromatic heterocycles. The van der Waals surface area contributed by atoms with Gasteiger partial charge in [0.2, 0.25) is 0 Å². The summed E-state index contributed by atoms with van der Waals surface area (Å²) < 4.78 is 55.5. The summed E-state index contributed by atoms with van der Waals surface area (Å²) >= 11 is 0. The number of aryl methyl sites for hydroxylation is 1. The van der Waals surface area contributed by atoms with Crippen LogP contribution >= 0.6 is 15.2 Å². The predicted octanol–water partition coefficient (Wildman–Crippen LogP) is 10.8. The summed E-state index contributed by atoms with van der Waals surface area (Å²) in [6, 6.07) is 18.8. The van der Waals surface area contributed by atoms with Crippen molar-refractivity contribution in [3.05, 3.63) is 60.2 Å². The first-order chi connectivity index (χ1) is 18.0. The van der Waals surface area contributed by atoms with Crippen LogP contribution in [0.4, 0.5) is 0 Å². The van der Waals surface area contributed by atoms with Crippen molar-refractivity contribution in [1.29, 1.82) is 0 Å². The molecule has 0 aliphatic heterocycles. The summed E-state index contributed by atoms with van der Waals surface area (Å²) in [5.74, 6) is 0. The molecule has 40 heavy (non-hydrogen) atoms. The van der Waals surface area contributed by atoms with E-state index in [9.17, 15) is 9.13 Å². The molecule has 0 saturated carbocycles. The second kappa shape index (κ2) is 13.5. The van der Waals surface area contributed by atoms with Gasteiger partial charge in [-0.1, -0.05) is 54.6 Å². The van der Waals surface area contributed by atoms with Crippen molar-refractivity contribution in [2.45, 2.75) is 103 Å². The molecule has 226 valence electrons. The van der Waals surface area contributed by atoms with Gasteiger partial charge < -0.3 is 16.9 Å². The fraction of sp³-hybridized carbons (Fsp3) is 0.571. The van der Waals surface area contributed by atoms with Crippen LogP contribution in [0, 0.1) is 0 Å².